The van der Waals surface area contributed by atoms with Gasteiger partial charge >= 0.3 is 0 Å². The average Bonchev–Trinajstić information content (AvgIpc) is 3.33. The summed E-state index contributed by atoms with van der Waals surface area (Å²) >= 11 is 1.66. The lowest BCUT2D eigenvalue weighted by Crippen LogP contribution is -2.36. The zero-order valence-electron chi connectivity index (χ0n) is 18.8. The number of carbonyl (C=O) groups is 1. The minimum atomic E-state index is -0.137. The molecule has 9 heteroatoms. The molecular weight excluding hydrogens is 440 g/mol. The van der Waals surface area contributed by atoms with E-state index in [1.807, 2.05) is 37.3 Å². The van der Waals surface area contributed by atoms with Crippen molar-refractivity contribution < 1.29 is 19.1 Å². The van der Waals surface area contributed by atoms with Crippen molar-refractivity contribution in [1.29, 1.82) is 0 Å². The van der Waals surface area contributed by atoms with Crippen molar-refractivity contribution in [1.82, 2.24) is 20.4 Å². The van der Waals surface area contributed by atoms with E-state index in [2.05, 4.69) is 20.4 Å². The Morgan fingerprint density at radius 2 is 1.91 bits per heavy atom. The largest absolute Gasteiger partial charge is 0.493 e. The first-order chi connectivity index (χ1) is 16.2. The molecule has 2 aromatic carbocycles. The average molecular weight is 471 g/mol. The van der Waals surface area contributed by atoms with E-state index in [0.717, 1.165) is 23.6 Å². The maximum absolute atomic E-state index is 12.3. The van der Waals surface area contributed by atoms with Crippen LogP contribution in [0, 0.1) is 0 Å². The molecule has 0 radical (unpaired) electrons. The molecule has 0 atom stereocenters. The minimum Gasteiger partial charge on any atom is -0.493 e. The summed E-state index contributed by atoms with van der Waals surface area (Å²) in [6, 6.07) is 16.8. The van der Waals surface area contributed by atoms with Gasteiger partial charge in [0.15, 0.2) is 0 Å². The summed E-state index contributed by atoms with van der Waals surface area (Å²) in [5.41, 5.74) is 1.33. The normalized spacial score (nSPS) is 11.0. The van der Waals surface area contributed by atoms with Gasteiger partial charge in [-0.1, -0.05) is 25.1 Å². The minimum absolute atomic E-state index is 0.113. The molecule has 1 heterocycles. The second-order valence-corrected chi connectivity index (χ2v) is 8.31. The third-order valence-electron chi connectivity index (χ3n) is 4.90. The molecule has 0 aliphatic rings. The highest BCUT2D eigenvalue weighted by Crippen LogP contribution is 2.20. The highest BCUT2D eigenvalue weighted by molar-refractivity contribution is 7.98. The van der Waals surface area contributed by atoms with Crippen molar-refractivity contribution in [2.45, 2.75) is 12.7 Å². The summed E-state index contributed by atoms with van der Waals surface area (Å²) in [5.74, 6) is 3.13. The number of likely N-dealkylation sites (N-methyl/N-ethyl adjacent to an activating group) is 1. The first-order valence-electron chi connectivity index (χ1n) is 11.0. The SMILES string of the molecule is CCN(CCO)CCNC(=O)c1ccc(-c2nnc(CSCCOc3ccccc3)o2)cc1. The van der Waals surface area contributed by atoms with Crippen LogP contribution in [0.4, 0.5) is 0 Å². The Kier molecular flexibility index (Phi) is 10.2. The molecule has 0 aliphatic carbocycles. The van der Waals surface area contributed by atoms with Crippen LogP contribution >= 0.6 is 11.8 Å². The molecule has 2 N–H and O–H groups in total. The van der Waals surface area contributed by atoms with Crippen LogP contribution < -0.4 is 10.1 Å². The number of ether oxygens (including phenoxy) is 1. The summed E-state index contributed by atoms with van der Waals surface area (Å²) in [4.78, 5) is 14.4. The van der Waals surface area contributed by atoms with Gasteiger partial charge in [-0.15, -0.1) is 22.0 Å². The number of para-hydroxylation sites is 1. The van der Waals surface area contributed by atoms with Crippen LogP contribution in [0.25, 0.3) is 11.5 Å². The molecule has 0 fully saturated rings. The number of nitrogens with one attached hydrogen (secondary N) is 1. The van der Waals surface area contributed by atoms with Crippen LogP contribution in [0.3, 0.4) is 0 Å². The number of hydrogen-bond acceptors (Lipinski definition) is 8. The zero-order chi connectivity index (χ0) is 23.3. The number of amides is 1. The molecule has 0 saturated heterocycles. The van der Waals surface area contributed by atoms with Gasteiger partial charge in [-0.2, -0.15) is 0 Å². The van der Waals surface area contributed by atoms with Crippen molar-refractivity contribution in [3.05, 3.63) is 66.1 Å². The van der Waals surface area contributed by atoms with Gasteiger partial charge in [-0.05, 0) is 42.9 Å². The molecule has 1 aromatic heterocycles. The molecular formula is C24H30N4O4S. The Morgan fingerprint density at radius 3 is 2.64 bits per heavy atom. The van der Waals surface area contributed by atoms with Crippen molar-refractivity contribution >= 4 is 17.7 Å². The van der Waals surface area contributed by atoms with Gasteiger partial charge in [-0.3, -0.25) is 9.69 Å². The van der Waals surface area contributed by atoms with Crippen LogP contribution in [-0.4, -0.2) is 71.3 Å². The monoisotopic (exact) mass is 470 g/mol. The van der Waals surface area contributed by atoms with E-state index in [4.69, 9.17) is 14.3 Å². The standard InChI is InChI=1S/C24H30N4O4S/c1-2-28(14-15-29)13-12-25-23(30)19-8-10-20(11-9-19)24-27-26-22(32-24)18-33-17-16-31-21-6-4-3-5-7-21/h3-11,29H,2,12-18H2,1H3,(H,25,30). The van der Waals surface area contributed by atoms with E-state index in [1.165, 1.54) is 0 Å². The van der Waals surface area contributed by atoms with Gasteiger partial charge in [0, 0.05) is 36.5 Å². The smallest absolute Gasteiger partial charge is 0.251 e. The number of aromatic nitrogens is 2. The van der Waals surface area contributed by atoms with E-state index < -0.39 is 0 Å². The lowest BCUT2D eigenvalue weighted by atomic mass is 10.1. The fourth-order valence-corrected chi connectivity index (χ4v) is 3.72. The summed E-state index contributed by atoms with van der Waals surface area (Å²) < 4.78 is 11.4. The Hall–Kier alpha value is -2.88. The van der Waals surface area contributed by atoms with E-state index >= 15 is 0 Å². The third kappa shape index (κ3) is 8.20. The van der Waals surface area contributed by atoms with Gasteiger partial charge in [0.2, 0.25) is 11.8 Å². The highest BCUT2D eigenvalue weighted by Gasteiger charge is 2.11. The molecule has 0 unspecified atom stereocenters. The van der Waals surface area contributed by atoms with Crippen molar-refractivity contribution in [2.75, 3.05) is 45.1 Å². The van der Waals surface area contributed by atoms with Gasteiger partial charge < -0.3 is 19.6 Å². The topological polar surface area (TPSA) is 101 Å². The van der Waals surface area contributed by atoms with Gasteiger partial charge in [0.1, 0.15) is 5.75 Å². The maximum Gasteiger partial charge on any atom is 0.251 e. The summed E-state index contributed by atoms with van der Waals surface area (Å²) in [7, 11) is 0. The fraction of sp³-hybridized carbons (Fsp3) is 0.375. The van der Waals surface area contributed by atoms with Crippen molar-refractivity contribution in [3.63, 3.8) is 0 Å². The third-order valence-corrected chi connectivity index (χ3v) is 5.81. The first kappa shape index (κ1) is 24.8. The molecule has 0 aliphatic heterocycles. The molecule has 0 bridgehead atoms. The summed E-state index contributed by atoms with van der Waals surface area (Å²) in [6.45, 7) is 5.40. The van der Waals surface area contributed by atoms with E-state index in [1.54, 1.807) is 36.0 Å². The Bertz CT molecular complexity index is 966. The Balaban J connectivity index is 1.41. The molecule has 3 rings (SSSR count). The predicted octanol–water partition coefficient (Wildman–Crippen LogP) is 3.09. The number of carbonyl (C=O) groups excluding carboxylic acids is 1. The van der Waals surface area contributed by atoms with Crippen LogP contribution in [0.1, 0.15) is 23.2 Å². The molecule has 1 amide bonds. The molecule has 0 spiro atoms. The number of aliphatic hydroxyl groups excluding tert-OH is 1. The van der Waals surface area contributed by atoms with Crippen LogP contribution in [0.2, 0.25) is 0 Å². The van der Waals surface area contributed by atoms with Gasteiger partial charge in [0.25, 0.3) is 5.91 Å². The van der Waals surface area contributed by atoms with E-state index in [0.29, 0.717) is 49.3 Å². The van der Waals surface area contributed by atoms with Gasteiger partial charge in [-0.25, -0.2) is 0 Å². The maximum atomic E-state index is 12.3. The van der Waals surface area contributed by atoms with Crippen LogP contribution in [0.5, 0.6) is 5.75 Å². The quantitative estimate of drug-likeness (QED) is 0.347. The number of hydrogen-bond donors (Lipinski definition) is 2. The number of rotatable bonds is 14. The van der Waals surface area contributed by atoms with E-state index in [9.17, 15) is 4.79 Å². The number of thioether (sulfide) groups is 1. The van der Waals surface area contributed by atoms with Crippen LogP contribution in [-0.2, 0) is 5.75 Å². The fourth-order valence-electron chi connectivity index (χ4n) is 3.09. The highest BCUT2D eigenvalue weighted by atomic mass is 32.2. The number of aliphatic hydroxyl groups is 1. The first-order valence-corrected chi connectivity index (χ1v) is 12.1. The second-order valence-electron chi connectivity index (χ2n) is 7.21. The lowest BCUT2D eigenvalue weighted by molar-refractivity contribution is 0.0947. The lowest BCUT2D eigenvalue weighted by Gasteiger charge is -2.19. The van der Waals surface area contributed by atoms with Crippen molar-refractivity contribution in [3.8, 4) is 17.2 Å². The van der Waals surface area contributed by atoms with Crippen molar-refractivity contribution in [2.24, 2.45) is 0 Å². The Labute approximate surface area is 198 Å². The summed E-state index contributed by atoms with van der Waals surface area (Å²) in [6.07, 6.45) is 0. The molecule has 0 saturated carbocycles. The number of nitrogens with zero attached hydrogens (tertiary/aromatic N) is 3. The second kappa shape index (κ2) is 13.6. The molecule has 176 valence electrons. The van der Waals surface area contributed by atoms with Gasteiger partial charge in [0.05, 0.1) is 19.0 Å². The zero-order valence-corrected chi connectivity index (χ0v) is 19.6. The predicted molar refractivity (Wildman–Crippen MR) is 129 cm³/mol. The Morgan fingerprint density at radius 1 is 1.12 bits per heavy atom. The number of benzene rings is 2. The molecule has 33 heavy (non-hydrogen) atoms. The molecule has 3 aromatic rings. The summed E-state index contributed by atoms with van der Waals surface area (Å²) in [5, 5.41) is 20.2. The van der Waals surface area contributed by atoms with Crippen LogP contribution in [0.15, 0.2) is 59.0 Å². The molecule has 8 nitrogen and oxygen atoms in total. The van der Waals surface area contributed by atoms with E-state index in [-0.39, 0.29) is 12.5 Å².